The molecular formula is C14H18N2O. The fraction of sp³-hybridized carbons (Fsp3) is 0.357. The van der Waals surface area contributed by atoms with E-state index in [1.54, 1.807) is 0 Å². The van der Waals surface area contributed by atoms with Crippen molar-refractivity contribution in [2.45, 2.75) is 33.1 Å². The summed E-state index contributed by atoms with van der Waals surface area (Å²) in [5, 5.41) is 0. The zero-order chi connectivity index (χ0) is 12.4. The molecule has 1 atom stereocenters. The molecule has 17 heavy (non-hydrogen) atoms. The highest BCUT2D eigenvalue weighted by Gasteiger charge is 2.10. The normalized spacial score (nSPS) is 12.6. The molecule has 90 valence electrons. The zero-order valence-electron chi connectivity index (χ0n) is 10.5. The van der Waals surface area contributed by atoms with Crippen molar-refractivity contribution in [2.75, 3.05) is 5.73 Å². The van der Waals surface area contributed by atoms with Gasteiger partial charge in [0.25, 0.3) is 6.01 Å². The van der Waals surface area contributed by atoms with E-state index in [9.17, 15) is 0 Å². The Hall–Kier alpha value is -1.77. The highest BCUT2D eigenvalue weighted by molar-refractivity contribution is 5.62. The Morgan fingerprint density at radius 2 is 1.94 bits per heavy atom. The molecule has 0 radical (unpaired) electrons. The van der Waals surface area contributed by atoms with Gasteiger partial charge in [-0.05, 0) is 24.8 Å². The van der Waals surface area contributed by atoms with Crippen molar-refractivity contribution in [3.05, 3.63) is 35.6 Å². The number of hydrogen-bond acceptors (Lipinski definition) is 3. The predicted molar refractivity (Wildman–Crippen MR) is 69.8 cm³/mol. The molecule has 0 spiro atoms. The summed E-state index contributed by atoms with van der Waals surface area (Å²) < 4.78 is 5.23. The molecule has 0 bridgehead atoms. The first kappa shape index (κ1) is 11.7. The number of benzene rings is 1. The van der Waals surface area contributed by atoms with Gasteiger partial charge in [-0.15, -0.1) is 0 Å². The van der Waals surface area contributed by atoms with Gasteiger partial charge in [0.2, 0.25) is 0 Å². The Morgan fingerprint density at radius 3 is 2.41 bits per heavy atom. The fourth-order valence-corrected chi connectivity index (χ4v) is 1.89. The third-order valence-corrected chi connectivity index (χ3v) is 3.18. The van der Waals surface area contributed by atoms with Crippen molar-refractivity contribution in [1.29, 1.82) is 0 Å². The molecule has 2 aromatic rings. The number of aromatic nitrogens is 1. The second kappa shape index (κ2) is 4.62. The van der Waals surface area contributed by atoms with E-state index >= 15 is 0 Å². The summed E-state index contributed by atoms with van der Waals surface area (Å²) in [7, 11) is 0. The maximum absolute atomic E-state index is 5.54. The molecule has 0 saturated carbocycles. The van der Waals surface area contributed by atoms with Crippen molar-refractivity contribution < 1.29 is 4.42 Å². The second-order valence-corrected chi connectivity index (χ2v) is 4.39. The fourth-order valence-electron chi connectivity index (χ4n) is 1.89. The maximum Gasteiger partial charge on any atom is 0.292 e. The molecule has 0 saturated heterocycles. The highest BCUT2D eigenvalue weighted by Crippen LogP contribution is 2.26. The quantitative estimate of drug-likeness (QED) is 0.873. The number of anilines is 1. The molecule has 2 N–H and O–H groups in total. The molecule has 1 unspecified atom stereocenters. The van der Waals surface area contributed by atoms with Gasteiger partial charge >= 0.3 is 0 Å². The molecule has 0 fully saturated rings. The molecular weight excluding hydrogens is 212 g/mol. The van der Waals surface area contributed by atoms with Crippen LogP contribution >= 0.6 is 0 Å². The molecule has 3 nitrogen and oxygen atoms in total. The summed E-state index contributed by atoms with van der Waals surface area (Å²) in [4.78, 5) is 4.19. The first-order valence-corrected chi connectivity index (χ1v) is 5.95. The van der Waals surface area contributed by atoms with Crippen LogP contribution in [0.2, 0.25) is 0 Å². The summed E-state index contributed by atoms with van der Waals surface area (Å²) in [6.45, 7) is 6.30. The number of oxazole rings is 1. The first-order valence-electron chi connectivity index (χ1n) is 5.95. The second-order valence-electron chi connectivity index (χ2n) is 4.39. The van der Waals surface area contributed by atoms with Crippen molar-refractivity contribution in [3.8, 4) is 11.3 Å². The summed E-state index contributed by atoms with van der Waals surface area (Å²) in [6, 6.07) is 8.67. The Labute approximate surface area is 102 Å². The van der Waals surface area contributed by atoms with Gasteiger partial charge in [-0.2, -0.15) is 4.98 Å². The summed E-state index contributed by atoms with van der Waals surface area (Å²) in [6.07, 6.45) is 1.15. The Bertz CT molecular complexity index is 499. The van der Waals surface area contributed by atoms with Crippen LogP contribution in [0.4, 0.5) is 6.01 Å². The van der Waals surface area contributed by atoms with Gasteiger partial charge in [0.15, 0.2) is 0 Å². The zero-order valence-corrected chi connectivity index (χ0v) is 10.5. The lowest BCUT2D eigenvalue weighted by molar-refractivity contribution is 0.549. The monoisotopic (exact) mass is 230 g/mol. The van der Waals surface area contributed by atoms with Crippen LogP contribution in [0.3, 0.4) is 0 Å². The summed E-state index contributed by atoms with van der Waals surface area (Å²) in [5.74, 6) is 1.35. The van der Waals surface area contributed by atoms with Gasteiger partial charge in [-0.3, -0.25) is 0 Å². The van der Waals surface area contributed by atoms with Crippen LogP contribution in [-0.2, 0) is 0 Å². The van der Waals surface area contributed by atoms with Crippen molar-refractivity contribution in [2.24, 2.45) is 0 Å². The smallest absolute Gasteiger partial charge is 0.292 e. The standard InChI is InChI=1S/C14H18N2O/c1-4-9(2)11-5-7-12(8-6-11)13-10(3)17-14(15)16-13/h5-9H,4H2,1-3H3,(H2,15,16). The number of aryl methyl sites for hydroxylation is 1. The maximum atomic E-state index is 5.54. The van der Waals surface area contributed by atoms with Gasteiger partial charge in [0.05, 0.1) is 0 Å². The first-order chi connectivity index (χ1) is 8.11. The predicted octanol–water partition coefficient (Wildman–Crippen LogP) is 3.75. The van der Waals surface area contributed by atoms with Crippen molar-refractivity contribution >= 4 is 6.01 Å². The summed E-state index contributed by atoms with van der Waals surface area (Å²) >= 11 is 0. The average molecular weight is 230 g/mol. The lowest BCUT2D eigenvalue weighted by Crippen LogP contribution is -1.91. The lowest BCUT2D eigenvalue weighted by atomic mass is 9.97. The minimum Gasteiger partial charge on any atom is -0.429 e. The van der Waals surface area contributed by atoms with Crippen LogP contribution in [0.15, 0.2) is 28.7 Å². The molecule has 1 aromatic heterocycles. The van der Waals surface area contributed by atoms with Crippen LogP contribution in [0, 0.1) is 6.92 Å². The van der Waals surface area contributed by atoms with Crippen LogP contribution in [0.1, 0.15) is 37.5 Å². The number of rotatable bonds is 3. The lowest BCUT2D eigenvalue weighted by Gasteiger charge is -2.09. The van der Waals surface area contributed by atoms with E-state index in [4.69, 9.17) is 10.2 Å². The SMILES string of the molecule is CCC(C)c1ccc(-c2nc(N)oc2C)cc1. The van der Waals surface area contributed by atoms with Crippen LogP contribution in [0.25, 0.3) is 11.3 Å². The van der Waals surface area contributed by atoms with E-state index in [0.29, 0.717) is 5.92 Å². The molecule has 0 aliphatic carbocycles. The molecule has 2 rings (SSSR count). The number of nitrogens with two attached hydrogens (primary N) is 1. The third kappa shape index (κ3) is 2.33. The molecule has 0 aliphatic rings. The average Bonchev–Trinajstić information content (AvgIpc) is 2.68. The molecule has 0 aliphatic heterocycles. The number of nitrogen functional groups attached to an aromatic ring is 1. The van der Waals surface area contributed by atoms with Gasteiger partial charge in [0, 0.05) is 5.56 Å². The highest BCUT2D eigenvalue weighted by atomic mass is 16.4. The Balaban J connectivity index is 2.32. The van der Waals surface area contributed by atoms with E-state index in [1.807, 2.05) is 6.92 Å². The van der Waals surface area contributed by atoms with Gasteiger partial charge in [-0.1, -0.05) is 38.1 Å². The van der Waals surface area contributed by atoms with Crippen molar-refractivity contribution in [1.82, 2.24) is 4.98 Å². The Morgan fingerprint density at radius 1 is 1.29 bits per heavy atom. The van der Waals surface area contributed by atoms with Crippen molar-refractivity contribution in [3.63, 3.8) is 0 Å². The van der Waals surface area contributed by atoms with E-state index in [-0.39, 0.29) is 6.01 Å². The number of nitrogens with zero attached hydrogens (tertiary/aromatic N) is 1. The molecule has 1 heterocycles. The van der Waals surface area contributed by atoms with E-state index in [0.717, 1.165) is 23.4 Å². The van der Waals surface area contributed by atoms with Crippen LogP contribution in [-0.4, -0.2) is 4.98 Å². The number of hydrogen-bond donors (Lipinski definition) is 1. The van der Waals surface area contributed by atoms with E-state index in [1.165, 1.54) is 5.56 Å². The van der Waals surface area contributed by atoms with Gasteiger partial charge in [0.1, 0.15) is 11.5 Å². The van der Waals surface area contributed by atoms with Crippen LogP contribution < -0.4 is 5.73 Å². The van der Waals surface area contributed by atoms with E-state index in [2.05, 4.69) is 43.1 Å². The molecule has 3 heteroatoms. The largest absolute Gasteiger partial charge is 0.429 e. The minimum absolute atomic E-state index is 0.225. The minimum atomic E-state index is 0.225. The van der Waals surface area contributed by atoms with Gasteiger partial charge in [-0.25, -0.2) is 0 Å². The third-order valence-electron chi connectivity index (χ3n) is 3.18. The van der Waals surface area contributed by atoms with Crippen LogP contribution in [0.5, 0.6) is 0 Å². The molecule has 0 amide bonds. The van der Waals surface area contributed by atoms with E-state index < -0.39 is 0 Å². The van der Waals surface area contributed by atoms with Gasteiger partial charge < -0.3 is 10.2 Å². The molecule has 1 aromatic carbocycles. The topological polar surface area (TPSA) is 52.0 Å². The Kier molecular flexibility index (Phi) is 3.18. The summed E-state index contributed by atoms with van der Waals surface area (Å²) in [5.41, 5.74) is 8.77.